The zero-order chi connectivity index (χ0) is 10.7. The van der Waals surface area contributed by atoms with Gasteiger partial charge in [-0.3, -0.25) is 9.78 Å². The summed E-state index contributed by atoms with van der Waals surface area (Å²) < 4.78 is 5.75. The van der Waals surface area contributed by atoms with Crippen molar-refractivity contribution in [1.82, 2.24) is 4.98 Å². The van der Waals surface area contributed by atoms with Crippen molar-refractivity contribution in [3.8, 4) is 0 Å². The summed E-state index contributed by atoms with van der Waals surface area (Å²) in [5, 5.41) is 0. The van der Waals surface area contributed by atoms with Crippen LogP contribution < -0.4 is 0 Å². The molecule has 4 heteroatoms. The van der Waals surface area contributed by atoms with Gasteiger partial charge in [-0.2, -0.15) is 0 Å². The molecule has 0 spiro atoms. The van der Waals surface area contributed by atoms with Crippen LogP contribution in [0.1, 0.15) is 16.1 Å². The minimum absolute atomic E-state index is 0.0126. The second-order valence-corrected chi connectivity index (χ2v) is 4.00. The van der Waals surface area contributed by atoms with Gasteiger partial charge in [-0.25, -0.2) is 0 Å². The Morgan fingerprint density at radius 1 is 1.40 bits per heavy atom. The molecular weight excluding hydrogens is 258 g/mol. The van der Waals surface area contributed by atoms with Crippen molar-refractivity contribution in [1.29, 1.82) is 0 Å². The highest BCUT2D eigenvalue weighted by Crippen LogP contribution is 2.10. The fourth-order valence-electron chi connectivity index (χ4n) is 1.20. The number of carbonyl (C=O) groups is 1. The summed E-state index contributed by atoms with van der Waals surface area (Å²) in [4.78, 5) is 15.8. The molecule has 15 heavy (non-hydrogen) atoms. The lowest BCUT2D eigenvalue weighted by atomic mass is 10.1. The Kier molecular flexibility index (Phi) is 2.97. The summed E-state index contributed by atoms with van der Waals surface area (Å²) in [7, 11) is 0. The first-order valence-electron chi connectivity index (χ1n) is 4.41. The number of hydrogen-bond donors (Lipinski definition) is 0. The molecule has 0 N–H and O–H groups in total. The van der Waals surface area contributed by atoms with Gasteiger partial charge in [0.15, 0.2) is 5.78 Å². The van der Waals surface area contributed by atoms with Crippen LogP contribution >= 0.6 is 15.9 Å². The molecule has 0 aromatic carbocycles. The predicted molar refractivity (Wildman–Crippen MR) is 58.7 cm³/mol. The van der Waals surface area contributed by atoms with Gasteiger partial charge in [-0.15, -0.1) is 0 Å². The van der Waals surface area contributed by atoms with Crippen LogP contribution in [0.5, 0.6) is 0 Å². The van der Waals surface area contributed by atoms with Crippen LogP contribution in [0.4, 0.5) is 0 Å². The van der Waals surface area contributed by atoms with Crippen LogP contribution in [-0.4, -0.2) is 10.8 Å². The summed E-state index contributed by atoms with van der Waals surface area (Å²) in [6.45, 7) is 0. The van der Waals surface area contributed by atoms with Crippen LogP contribution in [0, 0.1) is 0 Å². The van der Waals surface area contributed by atoms with Gasteiger partial charge in [0.2, 0.25) is 0 Å². The summed E-state index contributed by atoms with van der Waals surface area (Å²) >= 11 is 3.29. The first-order valence-corrected chi connectivity index (χ1v) is 5.21. The van der Waals surface area contributed by atoms with E-state index in [0.29, 0.717) is 12.0 Å². The van der Waals surface area contributed by atoms with E-state index < -0.39 is 0 Å². The van der Waals surface area contributed by atoms with Crippen molar-refractivity contribution < 1.29 is 9.21 Å². The normalized spacial score (nSPS) is 10.2. The number of ketones is 1. The third-order valence-electron chi connectivity index (χ3n) is 1.97. The Balaban J connectivity index is 2.09. The van der Waals surface area contributed by atoms with Gasteiger partial charge in [0.25, 0.3) is 0 Å². The SMILES string of the molecule is O=C(Cc1ccc(Br)cn1)c1ccoc1. The molecule has 2 heterocycles. The van der Waals surface area contributed by atoms with Crippen LogP contribution in [0.3, 0.4) is 0 Å². The van der Waals surface area contributed by atoms with Crippen LogP contribution in [-0.2, 0) is 6.42 Å². The molecule has 3 nitrogen and oxygen atoms in total. The molecule has 0 aliphatic carbocycles. The van der Waals surface area contributed by atoms with E-state index >= 15 is 0 Å². The first-order chi connectivity index (χ1) is 7.25. The minimum atomic E-state index is 0.0126. The average molecular weight is 266 g/mol. The standard InChI is InChI=1S/C11H8BrNO2/c12-9-1-2-10(13-6-9)5-11(14)8-3-4-15-7-8/h1-4,6-7H,5H2. The average Bonchev–Trinajstić information content (AvgIpc) is 2.74. The number of pyridine rings is 1. The molecule has 76 valence electrons. The van der Waals surface area contributed by atoms with E-state index in [4.69, 9.17) is 4.42 Å². The van der Waals surface area contributed by atoms with Gasteiger partial charge in [-0.05, 0) is 34.1 Å². The molecule has 0 unspecified atom stereocenters. The molecule has 0 saturated heterocycles. The van der Waals surface area contributed by atoms with Gasteiger partial charge in [0, 0.05) is 16.4 Å². The Hall–Kier alpha value is -1.42. The van der Waals surface area contributed by atoms with Crippen molar-refractivity contribution in [3.63, 3.8) is 0 Å². The van der Waals surface area contributed by atoms with Gasteiger partial charge in [0.1, 0.15) is 6.26 Å². The number of Topliss-reactive ketones (excluding diaryl/α,β-unsaturated/α-hetero) is 1. The van der Waals surface area contributed by atoms with Gasteiger partial charge < -0.3 is 4.42 Å². The topological polar surface area (TPSA) is 43.1 Å². The molecule has 2 aromatic rings. The Labute approximate surface area is 95.3 Å². The van der Waals surface area contributed by atoms with E-state index in [2.05, 4.69) is 20.9 Å². The van der Waals surface area contributed by atoms with Crippen LogP contribution in [0.25, 0.3) is 0 Å². The van der Waals surface area contributed by atoms with E-state index in [1.165, 1.54) is 12.5 Å². The van der Waals surface area contributed by atoms with E-state index in [0.717, 1.165) is 10.2 Å². The smallest absolute Gasteiger partial charge is 0.172 e. The monoisotopic (exact) mass is 265 g/mol. The lowest BCUT2D eigenvalue weighted by Gasteiger charge is -1.97. The van der Waals surface area contributed by atoms with E-state index in [-0.39, 0.29) is 5.78 Å². The van der Waals surface area contributed by atoms with Crippen LogP contribution in [0.2, 0.25) is 0 Å². The van der Waals surface area contributed by atoms with E-state index in [1.54, 1.807) is 12.3 Å². The number of nitrogens with zero attached hydrogens (tertiary/aromatic N) is 1. The fraction of sp³-hybridized carbons (Fsp3) is 0.0909. The number of furan rings is 1. The van der Waals surface area contributed by atoms with Gasteiger partial charge in [0.05, 0.1) is 18.2 Å². The number of hydrogen-bond acceptors (Lipinski definition) is 3. The van der Waals surface area contributed by atoms with Crippen molar-refractivity contribution in [2.24, 2.45) is 0 Å². The predicted octanol–water partition coefficient (Wildman–Crippen LogP) is 2.86. The highest BCUT2D eigenvalue weighted by molar-refractivity contribution is 9.10. The molecular formula is C11H8BrNO2. The maximum atomic E-state index is 11.6. The molecule has 0 atom stereocenters. The van der Waals surface area contributed by atoms with Crippen LogP contribution in [0.15, 0.2) is 45.8 Å². The lowest BCUT2D eigenvalue weighted by Crippen LogP contribution is -2.03. The zero-order valence-corrected chi connectivity index (χ0v) is 9.40. The quantitative estimate of drug-likeness (QED) is 0.802. The Morgan fingerprint density at radius 2 is 2.27 bits per heavy atom. The molecule has 0 bridgehead atoms. The summed E-state index contributed by atoms with van der Waals surface area (Å²) in [5.74, 6) is 0.0126. The molecule has 2 aromatic heterocycles. The Morgan fingerprint density at radius 3 is 2.87 bits per heavy atom. The van der Waals surface area contributed by atoms with Crippen molar-refractivity contribution in [3.05, 3.63) is 52.7 Å². The molecule has 0 amide bonds. The maximum absolute atomic E-state index is 11.6. The fourth-order valence-corrected chi connectivity index (χ4v) is 1.44. The number of rotatable bonds is 3. The second-order valence-electron chi connectivity index (χ2n) is 3.08. The van der Waals surface area contributed by atoms with E-state index in [9.17, 15) is 4.79 Å². The second kappa shape index (κ2) is 4.40. The summed E-state index contributed by atoms with van der Waals surface area (Å²) in [6, 6.07) is 5.34. The van der Waals surface area contributed by atoms with Gasteiger partial charge in [-0.1, -0.05) is 0 Å². The van der Waals surface area contributed by atoms with Crippen molar-refractivity contribution in [2.45, 2.75) is 6.42 Å². The number of carbonyl (C=O) groups excluding carboxylic acids is 1. The maximum Gasteiger partial charge on any atom is 0.172 e. The third kappa shape index (κ3) is 2.53. The lowest BCUT2D eigenvalue weighted by molar-refractivity contribution is 0.0991. The molecule has 0 aliphatic heterocycles. The summed E-state index contributed by atoms with van der Waals surface area (Å²) in [6.07, 6.45) is 4.91. The number of aromatic nitrogens is 1. The Bertz CT molecular complexity index is 448. The number of halogens is 1. The van der Waals surface area contributed by atoms with E-state index in [1.807, 2.05) is 12.1 Å². The minimum Gasteiger partial charge on any atom is -0.472 e. The largest absolute Gasteiger partial charge is 0.472 e. The highest BCUT2D eigenvalue weighted by Gasteiger charge is 2.08. The van der Waals surface area contributed by atoms with Crippen molar-refractivity contribution >= 4 is 21.7 Å². The third-order valence-corrected chi connectivity index (χ3v) is 2.44. The molecule has 0 fully saturated rings. The van der Waals surface area contributed by atoms with Crippen molar-refractivity contribution in [2.75, 3.05) is 0 Å². The molecule has 2 rings (SSSR count). The van der Waals surface area contributed by atoms with Gasteiger partial charge >= 0.3 is 0 Å². The highest BCUT2D eigenvalue weighted by atomic mass is 79.9. The molecule has 0 aliphatic rings. The molecule has 0 radical (unpaired) electrons. The summed E-state index contributed by atoms with van der Waals surface area (Å²) in [5.41, 5.74) is 1.34. The molecule has 0 saturated carbocycles. The zero-order valence-electron chi connectivity index (χ0n) is 7.81. The first kappa shape index (κ1) is 10.1.